The van der Waals surface area contributed by atoms with Gasteiger partial charge in [-0.05, 0) is 30.9 Å². The molecule has 1 aromatic carbocycles. The zero-order valence-corrected chi connectivity index (χ0v) is 18.1. The summed E-state index contributed by atoms with van der Waals surface area (Å²) >= 11 is 4.61. The molecule has 1 amide bonds. The van der Waals surface area contributed by atoms with Gasteiger partial charge in [0.1, 0.15) is 5.75 Å². The Morgan fingerprint density at radius 3 is 2.89 bits per heavy atom. The van der Waals surface area contributed by atoms with Crippen LogP contribution in [0.4, 0.5) is 5.13 Å². The average molecular weight is 435 g/mol. The minimum Gasteiger partial charge on any atom is -0.496 e. The lowest BCUT2D eigenvalue weighted by Crippen LogP contribution is -2.28. The van der Waals surface area contributed by atoms with Crippen LogP contribution in [0.1, 0.15) is 23.4 Å². The highest BCUT2D eigenvalue weighted by Crippen LogP contribution is 2.27. The van der Waals surface area contributed by atoms with Gasteiger partial charge >= 0.3 is 0 Å². The third kappa shape index (κ3) is 5.95. The van der Waals surface area contributed by atoms with Crippen molar-refractivity contribution in [2.24, 2.45) is 0 Å². The molecule has 6 nitrogen and oxygen atoms in total. The molecule has 0 aliphatic carbocycles. The van der Waals surface area contributed by atoms with Crippen LogP contribution < -0.4 is 15.4 Å². The van der Waals surface area contributed by atoms with Crippen molar-refractivity contribution in [3.8, 4) is 5.75 Å². The van der Waals surface area contributed by atoms with E-state index < -0.39 is 0 Å². The molecule has 0 bridgehead atoms. The van der Waals surface area contributed by atoms with Crippen LogP contribution in [0, 0.1) is 0 Å². The van der Waals surface area contributed by atoms with E-state index in [4.69, 9.17) is 4.74 Å². The molecule has 0 saturated heterocycles. The van der Waals surface area contributed by atoms with E-state index in [2.05, 4.69) is 38.3 Å². The fourth-order valence-corrected chi connectivity index (χ4v) is 4.90. The molecular weight excluding hydrogens is 412 g/mol. The molecule has 0 aliphatic rings. The van der Waals surface area contributed by atoms with Crippen LogP contribution in [0.15, 0.2) is 46.1 Å². The summed E-state index contributed by atoms with van der Waals surface area (Å²) in [6.45, 7) is 2.76. The number of nitrogens with zero attached hydrogens (tertiary/aromatic N) is 2. The van der Waals surface area contributed by atoms with Gasteiger partial charge in [0, 0.05) is 17.0 Å². The number of amides is 1. The van der Waals surface area contributed by atoms with Crippen LogP contribution in [0.5, 0.6) is 5.75 Å². The second-order valence-electron chi connectivity index (χ2n) is 5.95. The predicted octanol–water partition coefficient (Wildman–Crippen LogP) is 4.23. The van der Waals surface area contributed by atoms with Gasteiger partial charge in [0.15, 0.2) is 4.34 Å². The van der Waals surface area contributed by atoms with Gasteiger partial charge in [-0.2, -0.15) is 0 Å². The Bertz CT molecular complexity index is 883. The molecule has 1 atom stereocenters. The molecule has 9 heteroatoms. The number of thiophene rings is 1. The molecule has 2 N–H and O–H groups in total. The molecular formula is C19H22N4O2S3. The fraction of sp³-hybridized carbons (Fsp3) is 0.316. The van der Waals surface area contributed by atoms with E-state index in [1.807, 2.05) is 31.2 Å². The van der Waals surface area contributed by atoms with Crippen LogP contribution in [0.3, 0.4) is 0 Å². The lowest BCUT2D eigenvalue weighted by atomic mass is 10.1. The first-order valence-electron chi connectivity index (χ1n) is 8.80. The summed E-state index contributed by atoms with van der Waals surface area (Å²) in [5.74, 6) is 1.01. The number of benzene rings is 1. The first-order valence-corrected chi connectivity index (χ1v) is 11.5. The lowest BCUT2D eigenvalue weighted by Gasteiger charge is -2.16. The van der Waals surface area contributed by atoms with E-state index in [1.165, 1.54) is 28.0 Å². The number of anilines is 1. The number of hydrogen-bond donors (Lipinski definition) is 2. The minimum atomic E-state index is -0.131. The van der Waals surface area contributed by atoms with Crippen LogP contribution in [0.2, 0.25) is 0 Å². The van der Waals surface area contributed by atoms with E-state index in [-0.39, 0.29) is 11.9 Å². The molecule has 0 aliphatic heterocycles. The fourth-order valence-electron chi connectivity index (χ4n) is 2.60. The molecule has 2 aromatic heterocycles. The third-order valence-electron chi connectivity index (χ3n) is 3.94. The molecule has 0 spiro atoms. The van der Waals surface area contributed by atoms with Gasteiger partial charge in [0.05, 0.1) is 18.9 Å². The summed E-state index contributed by atoms with van der Waals surface area (Å²) < 4.78 is 6.13. The quantitative estimate of drug-likeness (QED) is 0.465. The lowest BCUT2D eigenvalue weighted by molar-refractivity contribution is -0.119. The monoisotopic (exact) mass is 434 g/mol. The van der Waals surface area contributed by atoms with Crippen molar-refractivity contribution in [3.63, 3.8) is 0 Å². The highest BCUT2D eigenvalue weighted by molar-refractivity contribution is 8.01. The van der Waals surface area contributed by atoms with Crippen molar-refractivity contribution in [3.05, 3.63) is 52.2 Å². The summed E-state index contributed by atoms with van der Waals surface area (Å²) in [6, 6.07) is 11.7. The summed E-state index contributed by atoms with van der Waals surface area (Å²) in [5.41, 5.74) is 0.955. The second-order valence-corrected chi connectivity index (χ2v) is 9.18. The third-order valence-corrected chi connectivity index (χ3v) is 6.89. The van der Waals surface area contributed by atoms with Crippen molar-refractivity contribution in [1.82, 2.24) is 15.5 Å². The Morgan fingerprint density at radius 1 is 1.25 bits per heavy atom. The largest absolute Gasteiger partial charge is 0.496 e. The van der Waals surface area contributed by atoms with Gasteiger partial charge in [-0.15, -0.1) is 21.5 Å². The van der Waals surface area contributed by atoms with Crippen molar-refractivity contribution in [2.75, 3.05) is 24.7 Å². The maximum atomic E-state index is 12.3. The number of hydrogen-bond acceptors (Lipinski definition) is 8. The Kier molecular flexibility index (Phi) is 7.70. The Balaban J connectivity index is 1.42. The van der Waals surface area contributed by atoms with Gasteiger partial charge in [-0.3, -0.25) is 4.79 Å². The molecule has 0 saturated carbocycles. The summed E-state index contributed by atoms with van der Waals surface area (Å²) in [5, 5.41) is 17.4. The van der Waals surface area contributed by atoms with Gasteiger partial charge in [-0.1, -0.05) is 47.4 Å². The summed E-state index contributed by atoms with van der Waals surface area (Å²) in [6.07, 6.45) is 0.961. The van der Waals surface area contributed by atoms with E-state index in [1.54, 1.807) is 18.4 Å². The topological polar surface area (TPSA) is 76.1 Å². The number of carbonyl (C=O) groups is 1. The van der Waals surface area contributed by atoms with Crippen molar-refractivity contribution in [1.29, 1.82) is 0 Å². The Labute approximate surface area is 176 Å². The smallest absolute Gasteiger partial charge is 0.230 e. The zero-order chi connectivity index (χ0) is 19.8. The van der Waals surface area contributed by atoms with Gasteiger partial charge < -0.3 is 15.4 Å². The second kappa shape index (κ2) is 10.4. The minimum absolute atomic E-state index is 0.0502. The number of aromatic nitrogens is 2. The first kappa shape index (κ1) is 20.6. The number of methoxy groups -OCH3 is 1. The van der Waals surface area contributed by atoms with Crippen molar-refractivity contribution < 1.29 is 9.53 Å². The molecule has 3 aromatic rings. The first-order chi connectivity index (χ1) is 13.7. The zero-order valence-electron chi connectivity index (χ0n) is 15.7. The molecule has 0 radical (unpaired) electrons. The number of ether oxygens (including phenoxy) is 1. The average Bonchev–Trinajstić information content (AvgIpc) is 3.38. The molecule has 3 rings (SSSR count). The van der Waals surface area contributed by atoms with Crippen LogP contribution >= 0.6 is 34.4 Å². The van der Waals surface area contributed by atoms with Crippen molar-refractivity contribution >= 4 is 45.5 Å². The van der Waals surface area contributed by atoms with Gasteiger partial charge in [0.25, 0.3) is 0 Å². The van der Waals surface area contributed by atoms with Crippen LogP contribution in [0.25, 0.3) is 0 Å². The molecule has 2 heterocycles. The van der Waals surface area contributed by atoms with Crippen LogP contribution in [-0.2, 0) is 11.2 Å². The molecule has 0 fully saturated rings. The highest BCUT2D eigenvalue weighted by atomic mass is 32.2. The number of rotatable bonds is 10. The SMILES string of the molecule is COc1ccccc1C(C)NC(=O)CSc1nnc(NCCc2cccs2)s1. The van der Waals surface area contributed by atoms with Crippen molar-refractivity contribution in [2.45, 2.75) is 23.7 Å². The van der Waals surface area contributed by atoms with E-state index >= 15 is 0 Å². The van der Waals surface area contributed by atoms with Crippen LogP contribution in [-0.4, -0.2) is 35.5 Å². The van der Waals surface area contributed by atoms with E-state index in [9.17, 15) is 4.79 Å². The maximum absolute atomic E-state index is 12.3. The Hall–Kier alpha value is -2.10. The molecule has 28 heavy (non-hydrogen) atoms. The maximum Gasteiger partial charge on any atom is 0.230 e. The highest BCUT2D eigenvalue weighted by Gasteiger charge is 2.14. The normalized spacial score (nSPS) is 11.8. The van der Waals surface area contributed by atoms with Gasteiger partial charge in [-0.25, -0.2) is 0 Å². The number of carbonyl (C=O) groups excluding carboxylic acids is 1. The molecule has 1 unspecified atom stereocenters. The summed E-state index contributed by atoms with van der Waals surface area (Å²) in [7, 11) is 1.63. The predicted molar refractivity (Wildman–Crippen MR) is 117 cm³/mol. The number of thioether (sulfide) groups is 1. The Morgan fingerprint density at radius 2 is 2.11 bits per heavy atom. The van der Waals surface area contributed by atoms with Gasteiger partial charge in [0.2, 0.25) is 11.0 Å². The number of para-hydroxylation sites is 1. The number of nitrogens with one attached hydrogen (secondary N) is 2. The van der Waals surface area contributed by atoms with E-state index in [0.29, 0.717) is 5.75 Å². The summed E-state index contributed by atoms with van der Waals surface area (Å²) in [4.78, 5) is 13.6. The van der Waals surface area contributed by atoms with E-state index in [0.717, 1.165) is 33.7 Å². The standard InChI is InChI=1S/C19H22N4O2S3/c1-13(15-7-3-4-8-16(15)25-2)21-17(24)12-27-19-23-22-18(28-19)20-10-9-14-6-5-11-26-14/h3-8,11,13H,9-10,12H2,1-2H3,(H,20,22)(H,21,24). The molecule has 148 valence electrons.